The number of nitrogens with zero attached hydrogens (tertiary/aromatic N) is 1. The molecule has 0 saturated carbocycles. The fourth-order valence-corrected chi connectivity index (χ4v) is 3.35. The van der Waals surface area contributed by atoms with Crippen LogP contribution in [0.15, 0.2) is 59.7 Å². The molecule has 1 heterocycles. The highest BCUT2D eigenvalue weighted by Gasteiger charge is 2.22. The number of aliphatic hydroxyl groups is 1. The molecule has 0 aliphatic heterocycles. The average molecular weight is 506 g/mol. The molecule has 1 aromatic heterocycles. The van der Waals surface area contributed by atoms with Gasteiger partial charge in [0.2, 0.25) is 0 Å². The van der Waals surface area contributed by atoms with Crippen LogP contribution in [0.5, 0.6) is 0 Å². The smallest absolute Gasteiger partial charge is 0.191 e. The molecule has 3 rings (SSSR count). The van der Waals surface area contributed by atoms with Crippen LogP contribution >= 0.6 is 24.0 Å². The van der Waals surface area contributed by atoms with Gasteiger partial charge in [0.05, 0.1) is 6.54 Å². The Balaban J connectivity index is 0.00000300. The number of benzene rings is 2. The number of aromatic amines is 1. The van der Waals surface area contributed by atoms with Crippen LogP contribution in [0.1, 0.15) is 30.5 Å². The summed E-state index contributed by atoms with van der Waals surface area (Å²) in [4.78, 5) is 7.97. The van der Waals surface area contributed by atoms with Crippen molar-refractivity contribution in [2.45, 2.75) is 32.8 Å². The molecular weight excluding hydrogens is 475 g/mol. The van der Waals surface area contributed by atoms with E-state index in [0.717, 1.165) is 31.0 Å². The van der Waals surface area contributed by atoms with Gasteiger partial charge in [0.1, 0.15) is 5.60 Å². The Labute approximate surface area is 190 Å². The molecule has 0 radical (unpaired) electrons. The molecule has 0 aliphatic rings. The molecule has 3 aromatic rings. The summed E-state index contributed by atoms with van der Waals surface area (Å²) in [5, 5.41) is 18.7. The van der Waals surface area contributed by atoms with Crippen molar-refractivity contribution in [3.8, 4) is 0 Å². The number of aromatic nitrogens is 1. The van der Waals surface area contributed by atoms with E-state index >= 15 is 0 Å². The molecular formula is C23H31IN4O. The SMILES string of the molecule is CCNC(=NCC(C)(O)c1ccccc1)NCCc1c[nH]c2c(C)cccc12.I. The maximum absolute atomic E-state index is 10.8. The predicted molar refractivity (Wildman–Crippen MR) is 132 cm³/mol. The van der Waals surface area contributed by atoms with Crippen molar-refractivity contribution in [3.05, 3.63) is 71.4 Å². The van der Waals surface area contributed by atoms with Crippen LogP contribution in [0.3, 0.4) is 0 Å². The van der Waals surface area contributed by atoms with Crippen molar-refractivity contribution in [2.75, 3.05) is 19.6 Å². The van der Waals surface area contributed by atoms with E-state index in [1.54, 1.807) is 6.92 Å². The van der Waals surface area contributed by atoms with Gasteiger partial charge >= 0.3 is 0 Å². The first kappa shape index (κ1) is 23.2. The topological polar surface area (TPSA) is 72.4 Å². The number of nitrogens with one attached hydrogen (secondary N) is 3. The van der Waals surface area contributed by atoms with Gasteiger partial charge < -0.3 is 20.7 Å². The molecule has 6 heteroatoms. The number of guanidine groups is 1. The van der Waals surface area contributed by atoms with E-state index in [1.165, 1.54) is 22.0 Å². The van der Waals surface area contributed by atoms with Crippen molar-refractivity contribution in [1.82, 2.24) is 15.6 Å². The number of para-hydroxylation sites is 1. The minimum Gasteiger partial charge on any atom is -0.384 e. The van der Waals surface area contributed by atoms with E-state index in [9.17, 15) is 5.11 Å². The minimum atomic E-state index is -1.00. The summed E-state index contributed by atoms with van der Waals surface area (Å²) in [7, 11) is 0. The van der Waals surface area contributed by atoms with Gasteiger partial charge in [-0.15, -0.1) is 24.0 Å². The van der Waals surface area contributed by atoms with Gasteiger partial charge in [-0.1, -0.05) is 48.5 Å². The first-order valence-electron chi connectivity index (χ1n) is 9.87. The van der Waals surface area contributed by atoms with Crippen molar-refractivity contribution >= 4 is 40.8 Å². The quantitative estimate of drug-likeness (QED) is 0.222. The van der Waals surface area contributed by atoms with E-state index in [4.69, 9.17) is 0 Å². The Morgan fingerprint density at radius 2 is 1.86 bits per heavy atom. The molecule has 2 aromatic carbocycles. The van der Waals surface area contributed by atoms with E-state index in [2.05, 4.69) is 51.9 Å². The highest BCUT2D eigenvalue weighted by atomic mass is 127. The Kier molecular flexibility index (Phi) is 8.52. The third-order valence-electron chi connectivity index (χ3n) is 4.98. The largest absolute Gasteiger partial charge is 0.384 e. The molecule has 4 N–H and O–H groups in total. The normalized spacial score (nSPS) is 13.6. The van der Waals surface area contributed by atoms with E-state index in [0.29, 0.717) is 6.54 Å². The number of aryl methyl sites for hydroxylation is 1. The van der Waals surface area contributed by atoms with Gasteiger partial charge in [-0.3, -0.25) is 0 Å². The van der Waals surface area contributed by atoms with E-state index < -0.39 is 5.60 Å². The van der Waals surface area contributed by atoms with Gasteiger partial charge in [-0.2, -0.15) is 0 Å². The number of halogens is 1. The second kappa shape index (κ2) is 10.6. The maximum atomic E-state index is 10.8. The average Bonchev–Trinajstić information content (AvgIpc) is 3.11. The summed E-state index contributed by atoms with van der Waals surface area (Å²) in [6.45, 7) is 7.78. The lowest BCUT2D eigenvalue weighted by atomic mass is 9.96. The second-order valence-electron chi connectivity index (χ2n) is 7.32. The van der Waals surface area contributed by atoms with Gasteiger partial charge in [0.15, 0.2) is 5.96 Å². The number of rotatable bonds is 7. The summed E-state index contributed by atoms with van der Waals surface area (Å²) >= 11 is 0. The number of hydrogen-bond donors (Lipinski definition) is 4. The molecule has 1 unspecified atom stereocenters. The van der Waals surface area contributed by atoms with Gasteiger partial charge in [0, 0.05) is 30.2 Å². The summed E-state index contributed by atoms with van der Waals surface area (Å²) < 4.78 is 0. The predicted octanol–water partition coefficient (Wildman–Crippen LogP) is 4.10. The number of H-pyrrole nitrogens is 1. The fourth-order valence-electron chi connectivity index (χ4n) is 3.35. The third-order valence-corrected chi connectivity index (χ3v) is 4.98. The van der Waals surface area contributed by atoms with E-state index in [1.807, 2.05) is 37.3 Å². The standard InChI is InChI=1S/C23H30N4O.HI/c1-4-24-22(27-16-23(3,28)19-10-6-5-7-11-19)25-14-13-18-15-26-21-17(2)9-8-12-20(18)21;/h5-12,15,26,28H,4,13-14,16H2,1-3H3,(H2,24,25,27);1H. The molecule has 5 nitrogen and oxygen atoms in total. The highest BCUT2D eigenvalue weighted by Crippen LogP contribution is 2.22. The van der Waals surface area contributed by atoms with Crippen LogP contribution in [0.2, 0.25) is 0 Å². The molecule has 0 saturated heterocycles. The number of fused-ring (bicyclic) bond motifs is 1. The van der Waals surface area contributed by atoms with Crippen molar-refractivity contribution in [2.24, 2.45) is 4.99 Å². The second-order valence-corrected chi connectivity index (χ2v) is 7.32. The van der Waals surface area contributed by atoms with Crippen LogP contribution in [0.25, 0.3) is 10.9 Å². The zero-order valence-corrected chi connectivity index (χ0v) is 19.7. The van der Waals surface area contributed by atoms with Crippen molar-refractivity contribution in [1.29, 1.82) is 0 Å². The Morgan fingerprint density at radius 3 is 2.59 bits per heavy atom. The highest BCUT2D eigenvalue weighted by molar-refractivity contribution is 14.0. The van der Waals surface area contributed by atoms with Crippen LogP contribution in [-0.2, 0) is 12.0 Å². The minimum absolute atomic E-state index is 0. The molecule has 0 spiro atoms. The van der Waals surface area contributed by atoms with Crippen LogP contribution in [0.4, 0.5) is 0 Å². The Hall–Kier alpha value is -2.06. The lowest BCUT2D eigenvalue weighted by Crippen LogP contribution is -2.39. The zero-order chi connectivity index (χ0) is 20.0. The molecule has 1 atom stereocenters. The molecule has 0 fully saturated rings. The van der Waals surface area contributed by atoms with Crippen LogP contribution in [-0.4, -0.2) is 35.7 Å². The lowest BCUT2D eigenvalue weighted by Gasteiger charge is -2.22. The summed E-state index contributed by atoms with van der Waals surface area (Å²) in [5.74, 6) is 0.717. The maximum Gasteiger partial charge on any atom is 0.191 e. The number of hydrogen-bond acceptors (Lipinski definition) is 2. The summed E-state index contributed by atoms with van der Waals surface area (Å²) in [5.41, 5.74) is 3.62. The van der Waals surface area contributed by atoms with Gasteiger partial charge in [-0.25, -0.2) is 4.99 Å². The third kappa shape index (κ3) is 5.96. The molecule has 0 aliphatic carbocycles. The van der Waals surface area contributed by atoms with Crippen molar-refractivity contribution < 1.29 is 5.11 Å². The van der Waals surface area contributed by atoms with E-state index in [-0.39, 0.29) is 24.0 Å². The zero-order valence-electron chi connectivity index (χ0n) is 17.3. The van der Waals surface area contributed by atoms with Crippen LogP contribution < -0.4 is 10.6 Å². The van der Waals surface area contributed by atoms with Gasteiger partial charge in [0.25, 0.3) is 0 Å². The molecule has 0 amide bonds. The summed E-state index contributed by atoms with van der Waals surface area (Å²) in [6.07, 6.45) is 2.98. The lowest BCUT2D eigenvalue weighted by molar-refractivity contribution is 0.0672. The fraction of sp³-hybridized carbons (Fsp3) is 0.348. The molecule has 29 heavy (non-hydrogen) atoms. The van der Waals surface area contributed by atoms with Crippen LogP contribution in [0, 0.1) is 6.92 Å². The first-order valence-corrected chi connectivity index (χ1v) is 9.87. The monoisotopic (exact) mass is 506 g/mol. The number of aliphatic imine (C=N–C) groups is 1. The Bertz CT molecular complexity index is 934. The molecule has 156 valence electrons. The summed E-state index contributed by atoms with van der Waals surface area (Å²) in [6, 6.07) is 16.0. The van der Waals surface area contributed by atoms with Crippen molar-refractivity contribution in [3.63, 3.8) is 0 Å². The van der Waals surface area contributed by atoms with Gasteiger partial charge in [-0.05, 0) is 43.9 Å². The first-order chi connectivity index (χ1) is 13.5. The Morgan fingerprint density at radius 1 is 1.10 bits per heavy atom. The molecule has 0 bridgehead atoms.